The molecule has 0 aromatic heterocycles. The first kappa shape index (κ1) is 18.6. The summed E-state index contributed by atoms with van der Waals surface area (Å²) in [5, 5.41) is 2.76. The van der Waals surface area contributed by atoms with Gasteiger partial charge in [-0.05, 0) is 50.8 Å². The minimum atomic E-state index is -1.10. The number of piperidine rings is 1. The van der Waals surface area contributed by atoms with Crippen LogP contribution in [0.25, 0.3) is 0 Å². The zero-order chi connectivity index (χ0) is 19.9. The highest BCUT2D eigenvalue weighted by Crippen LogP contribution is 2.34. The minimum absolute atomic E-state index is 0.141. The van der Waals surface area contributed by atoms with E-state index in [1.54, 1.807) is 17.9 Å². The topological polar surface area (TPSA) is 88.2 Å². The van der Waals surface area contributed by atoms with E-state index in [0.717, 1.165) is 29.7 Å². The quantitative estimate of drug-likeness (QED) is 0.794. The van der Waals surface area contributed by atoms with E-state index in [1.807, 2.05) is 19.1 Å². The van der Waals surface area contributed by atoms with Gasteiger partial charge in [0.05, 0.1) is 0 Å². The van der Waals surface area contributed by atoms with Gasteiger partial charge in [-0.1, -0.05) is 6.07 Å². The van der Waals surface area contributed by atoms with Crippen LogP contribution in [-0.4, -0.2) is 59.1 Å². The zero-order valence-electron chi connectivity index (χ0n) is 16.2. The number of urea groups is 1. The normalized spacial score (nSPS) is 26.6. The summed E-state index contributed by atoms with van der Waals surface area (Å²) in [5.74, 6) is 0.735. The summed E-state index contributed by atoms with van der Waals surface area (Å²) >= 11 is 0. The maximum atomic E-state index is 13.0. The van der Waals surface area contributed by atoms with Crippen LogP contribution in [0.2, 0.25) is 0 Å². The summed E-state index contributed by atoms with van der Waals surface area (Å²) in [4.78, 5) is 40.9. The first-order valence-corrected chi connectivity index (χ1v) is 9.69. The molecule has 1 N–H and O–H groups in total. The number of imide groups is 1. The molecule has 8 heteroatoms. The molecule has 3 heterocycles. The fraction of sp³-hybridized carbons (Fsp3) is 0.550. The monoisotopic (exact) mass is 387 g/mol. The van der Waals surface area contributed by atoms with E-state index in [9.17, 15) is 14.4 Å². The van der Waals surface area contributed by atoms with E-state index in [4.69, 9.17) is 9.47 Å². The largest absolute Gasteiger partial charge is 0.454 e. The van der Waals surface area contributed by atoms with Gasteiger partial charge in [0.1, 0.15) is 12.1 Å². The first-order chi connectivity index (χ1) is 13.4. The van der Waals surface area contributed by atoms with Gasteiger partial charge < -0.3 is 19.7 Å². The zero-order valence-corrected chi connectivity index (χ0v) is 16.2. The van der Waals surface area contributed by atoms with Crippen molar-refractivity contribution in [1.82, 2.24) is 15.1 Å². The van der Waals surface area contributed by atoms with Crippen LogP contribution in [0.4, 0.5) is 4.79 Å². The van der Waals surface area contributed by atoms with Crippen LogP contribution in [-0.2, 0) is 16.0 Å². The van der Waals surface area contributed by atoms with Crippen LogP contribution in [0.3, 0.4) is 0 Å². The van der Waals surface area contributed by atoms with E-state index in [0.29, 0.717) is 24.5 Å². The van der Waals surface area contributed by atoms with Crippen LogP contribution in [0.1, 0.15) is 38.7 Å². The fourth-order valence-electron chi connectivity index (χ4n) is 4.16. The van der Waals surface area contributed by atoms with Gasteiger partial charge in [0.25, 0.3) is 5.91 Å². The number of carbonyl (C=O) groups excluding carboxylic acids is 3. The molecule has 0 aliphatic carbocycles. The van der Waals surface area contributed by atoms with E-state index in [-0.39, 0.29) is 31.2 Å². The summed E-state index contributed by atoms with van der Waals surface area (Å²) in [6.45, 7) is 4.33. The van der Waals surface area contributed by atoms with E-state index < -0.39 is 11.6 Å². The lowest BCUT2D eigenvalue weighted by Crippen LogP contribution is -2.49. The second-order valence-electron chi connectivity index (χ2n) is 7.95. The SMILES string of the molecule is C[C@H]1CCCCN1C(=O)CN1C(=O)N[C@@](C)(Cc2ccc3c(c2)OCO3)C1=O. The number of nitrogens with one attached hydrogen (secondary N) is 1. The molecule has 0 radical (unpaired) electrons. The molecule has 2 saturated heterocycles. The number of rotatable bonds is 4. The van der Waals surface area contributed by atoms with Crippen molar-refractivity contribution in [3.8, 4) is 11.5 Å². The number of nitrogens with zero attached hydrogens (tertiary/aromatic N) is 2. The average Bonchev–Trinajstić information content (AvgIpc) is 3.20. The van der Waals surface area contributed by atoms with Crippen molar-refractivity contribution in [3.05, 3.63) is 23.8 Å². The van der Waals surface area contributed by atoms with Crippen LogP contribution >= 0.6 is 0 Å². The summed E-state index contributed by atoms with van der Waals surface area (Å²) < 4.78 is 10.7. The lowest BCUT2D eigenvalue weighted by molar-refractivity contribution is -0.140. The van der Waals surface area contributed by atoms with Gasteiger partial charge >= 0.3 is 6.03 Å². The Labute approximate surface area is 163 Å². The van der Waals surface area contributed by atoms with Crippen molar-refractivity contribution in [3.63, 3.8) is 0 Å². The number of amides is 4. The summed E-state index contributed by atoms with van der Waals surface area (Å²) in [5.41, 5.74) is -0.253. The van der Waals surface area contributed by atoms with E-state index in [2.05, 4.69) is 5.32 Å². The second kappa shape index (κ2) is 7.00. The number of carbonyl (C=O) groups is 3. The molecule has 150 valence electrons. The molecule has 3 aliphatic heterocycles. The third-order valence-corrected chi connectivity index (χ3v) is 5.76. The maximum Gasteiger partial charge on any atom is 0.325 e. The summed E-state index contributed by atoms with van der Waals surface area (Å²) in [6.07, 6.45) is 3.31. The van der Waals surface area contributed by atoms with Gasteiger partial charge in [0.2, 0.25) is 12.7 Å². The van der Waals surface area contributed by atoms with Crippen molar-refractivity contribution in [2.45, 2.75) is 51.1 Å². The predicted octanol–water partition coefficient (Wildman–Crippen LogP) is 1.67. The minimum Gasteiger partial charge on any atom is -0.454 e. The highest BCUT2D eigenvalue weighted by molar-refractivity contribution is 6.09. The molecule has 0 bridgehead atoms. The molecule has 1 aromatic carbocycles. The number of fused-ring (bicyclic) bond motifs is 1. The first-order valence-electron chi connectivity index (χ1n) is 9.69. The summed E-state index contributed by atoms with van der Waals surface area (Å²) in [6, 6.07) is 5.08. The van der Waals surface area contributed by atoms with Crippen LogP contribution in [0.5, 0.6) is 11.5 Å². The van der Waals surface area contributed by atoms with E-state index in [1.165, 1.54) is 0 Å². The molecule has 8 nitrogen and oxygen atoms in total. The fourth-order valence-corrected chi connectivity index (χ4v) is 4.16. The molecular weight excluding hydrogens is 362 g/mol. The Morgan fingerprint density at radius 1 is 1.25 bits per heavy atom. The standard InChI is InChI=1S/C20H25N3O5/c1-13-5-3-4-8-22(13)17(24)11-23-18(25)20(2,21-19(23)26)10-14-6-7-15-16(9-14)28-12-27-15/h6-7,9,13H,3-5,8,10-12H2,1-2H3,(H,21,26)/t13-,20-/m0/s1. The van der Waals surface area contributed by atoms with Gasteiger partial charge in [-0.3, -0.25) is 14.5 Å². The van der Waals surface area contributed by atoms with Crippen molar-refractivity contribution in [2.75, 3.05) is 19.9 Å². The van der Waals surface area contributed by atoms with Crippen LogP contribution in [0, 0.1) is 0 Å². The molecule has 28 heavy (non-hydrogen) atoms. The molecule has 4 amide bonds. The Balaban J connectivity index is 1.46. The van der Waals surface area contributed by atoms with Crippen LogP contribution < -0.4 is 14.8 Å². The molecule has 2 atom stereocenters. The van der Waals surface area contributed by atoms with Crippen LogP contribution in [0.15, 0.2) is 18.2 Å². The average molecular weight is 387 g/mol. The predicted molar refractivity (Wildman–Crippen MR) is 99.9 cm³/mol. The number of ether oxygens (including phenoxy) is 2. The Hall–Kier alpha value is -2.77. The van der Waals surface area contributed by atoms with Crippen molar-refractivity contribution >= 4 is 17.8 Å². The number of hydrogen-bond donors (Lipinski definition) is 1. The second-order valence-corrected chi connectivity index (χ2v) is 7.95. The third-order valence-electron chi connectivity index (χ3n) is 5.76. The van der Waals surface area contributed by atoms with Crippen molar-refractivity contribution in [2.24, 2.45) is 0 Å². The smallest absolute Gasteiger partial charge is 0.325 e. The Morgan fingerprint density at radius 3 is 2.82 bits per heavy atom. The molecule has 0 saturated carbocycles. The molecule has 0 spiro atoms. The van der Waals surface area contributed by atoms with Gasteiger partial charge in [0, 0.05) is 19.0 Å². The third kappa shape index (κ3) is 3.27. The molecular formula is C20H25N3O5. The number of hydrogen-bond acceptors (Lipinski definition) is 5. The number of likely N-dealkylation sites (tertiary alicyclic amines) is 1. The maximum absolute atomic E-state index is 13.0. The highest BCUT2D eigenvalue weighted by Gasteiger charge is 2.48. The highest BCUT2D eigenvalue weighted by atomic mass is 16.7. The van der Waals surface area contributed by atoms with Gasteiger partial charge in [-0.2, -0.15) is 0 Å². The van der Waals surface area contributed by atoms with Gasteiger partial charge in [0.15, 0.2) is 11.5 Å². The molecule has 4 rings (SSSR count). The molecule has 2 fully saturated rings. The Kier molecular flexibility index (Phi) is 4.64. The molecule has 3 aliphatic rings. The Bertz CT molecular complexity index is 826. The lowest BCUT2D eigenvalue weighted by atomic mass is 9.92. The van der Waals surface area contributed by atoms with Gasteiger partial charge in [-0.15, -0.1) is 0 Å². The Morgan fingerprint density at radius 2 is 2.04 bits per heavy atom. The molecule has 0 unspecified atom stereocenters. The summed E-state index contributed by atoms with van der Waals surface area (Å²) in [7, 11) is 0. The van der Waals surface area contributed by atoms with Gasteiger partial charge in [-0.25, -0.2) is 4.79 Å². The molecule has 1 aromatic rings. The van der Waals surface area contributed by atoms with Crippen molar-refractivity contribution < 1.29 is 23.9 Å². The van der Waals surface area contributed by atoms with Crippen molar-refractivity contribution in [1.29, 1.82) is 0 Å². The lowest BCUT2D eigenvalue weighted by Gasteiger charge is -2.34. The van der Waals surface area contributed by atoms with E-state index >= 15 is 0 Å². The number of benzene rings is 1.